The number of allylic oxidation sites excluding steroid dienone is 1. The van der Waals surface area contributed by atoms with Crippen molar-refractivity contribution in [2.45, 2.75) is 52.4 Å². The Labute approximate surface area is 115 Å². The largest absolute Gasteiger partial charge is 0.355 e. The van der Waals surface area contributed by atoms with Gasteiger partial charge in [-0.15, -0.1) is 0 Å². The number of methoxy groups -OCH3 is 1. The summed E-state index contributed by atoms with van der Waals surface area (Å²) in [5.41, 5.74) is 2.68. The lowest BCUT2D eigenvalue weighted by Gasteiger charge is -2.28. The van der Waals surface area contributed by atoms with E-state index in [9.17, 15) is 4.79 Å². The van der Waals surface area contributed by atoms with E-state index in [0.717, 1.165) is 24.7 Å². The summed E-state index contributed by atoms with van der Waals surface area (Å²) in [5.74, 6) is 1.14. The zero-order chi connectivity index (χ0) is 13.8. The maximum Gasteiger partial charge on any atom is 0.164 e. The summed E-state index contributed by atoms with van der Waals surface area (Å²) in [7, 11) is 1.68. The van der Waals surface area contributed by atoms with E-state index in [1.54, 1.807) is 7.11 Å². The van der Waals surface area contributed by atoms with Crippen LogP contribution in [0.4, 0.5) is 0 Å². The summed E-state index contributed by atoms with van der Waals surface area (Å²) in [6, 6.07) is 0. The van der Waals surface area contributed by atoms with E-state index < -0.39 is 0 Å². The summed E-state index contributed by atoms with van der Waals surface area (Å²) < 4.78 is 11.5. The summed E-state index contributed by atoms with van der Waals surface area (Å²) in [6.45, 7) is 6.89. The monoisotopic (exact) mass is 264 g/mol. The van der Waals surface area contributed by atoms with Crippen LogP contribution in [0, 0.1) is 23.2 Å². The molecule has 1 aliphatic heterocycles. The molecular formula is C16H24O3. The van der Waals surface area contributed by atoms with Crippen LogP contribution >= 0.6 is 0 Å². The predicted octanol–water partition coefficient (Wildman–Crippen LogP) is 2.95. The van der Waals surface area contributed by atoms with Crippen molar-refractivity contribution < 1.29 is 14.3 Å². The number of ether oxygens (including phenoxy) is 2. The molecule has 0 N–H and O–H groups in total. The van der Waals surface area contributed by atoms with Gasteiger partial charge in [0.05, 0.1) is 6.10 Å². The Morgan fingerprint density at radius 1 is 1.37 bits per heavy atom. The van der Waals surface area contributed by atoms with Gasteiger partial charge in [0.1, 0.15) is 6.29 Å². The van der Waals surface area contributed by atoms with E-state index in [-0.39, 0.29) is 18.3 Å². The lowest BCUT2D eigenvalue weighted by molar-refractivity contribution is -0.142. The van der Waals surface area contributed by atoms with Crippen molar-refractivity contribution in [1.29, 1.82) is 0 Å². The SMILES string of the molecule is CO[C@@H]1O[C@H]2C[C@@H]1C(C=O)=C1CC(C)(C)C[C@H]1[C@H]2C. The first-order valence-electron chi connectivity index (χ1n) is 7.33. The molecule has 3 rings (SSSR count). The summed E-state index contributed by atoms with van der Waals surface area (Å²) >= 11 is 0. The van der Waals surface area contributed by atoms with Gasteiger partial charge in [0.25, 0.3) is 0 Å². The molecule has 0 spiro atoms. The molecule has 3 heteroatoms. The highest BCUT2D eigenvalue weighted by Crippen LogP contribution is 2.55. The van der Waals surface area contributed by atoms with Crippen LogP contribution in [0.25, 0.3) is 0 Å². The lowest BCUT2D eigenvalue weighted by Crippen LogP contribution is -2.28. The minimum atomic E-state index is -0.232. The highest BCUT2D eigenvalue weighted by molar-refractivity contribution is 5.76. The van der Waals surface area contributed by atoms with Crippen LogP contribution in [0.1, 0.15) is 40.0 Å². The van der Waals surface area contributed by atoms with E-state index in [4.69, 9.17) is 9.47 Å². The van der Waals surface area contributed by atoms with Crippen molar-refractivity contribution in [3.63, 3.8) is 0 Å². The number of rotatable bonds is 2. The highest BCUT2D eigenvalue weighted by Gasteiger charge is 2.50. The molecule has 0 aromatic heterocycles. The van der Waals surface area contributed by atoms with Crippen LogP contribution in [0.3, 0.4) is 0 Å². The third kappa shape index (κ3) is 1.98. The molecule has 2 aliphatic carbocycles. The fraction of sp³-hybridized carbons (Fsp3) is 0.812. The lowest BCUT2D eigenvalue weighted by atomic mass is 9.83. The first-order chi connectivity index (χ1) is 8.96. The Balaban J connectivity index is 2.07. The summed E-state index contributed by atoms with van der Waals surface area (Å²) in [6.07, 6.45) is 4.24. The van der Waals surface area contributed by atoms with Crippen LogP contribution in [0.2, 0.25) is 0 Å². The van der Waals surface area contributed by atoms with Gasteiger partial charge in [-0.05, 0) is 42.1 Å². The summed E-state index contributed by atoms with van der Waals surface area (Å²) in [4.78, 5) is 11.7. The Morgan fingerprint density at radius 2 is 2.11 bits per heavy atom. The molecule has 0 amide bonds. The first-order valence-corrected chi connectivity index (χ1v) is 7.33. The Hall–Kier alpha value is -0.670. The van der Waals surface area contributed by atoms with Gasteiger partial charge in [-0.1, -0.05) is 26.3 Å². The number of carbonyl (C=O) groups is 1. The zero-order valence-corrected chi connectivity index (χ0v) is 12.3. The molecule has 0 unspecified atom stereocenters. The second-order valence-corrected chi connectivity index (χ2v) is 7.23. The van der Waals surface area contributed by atoms with Crippen LogP contribution in [-0.4, -0.2) is 25.8 Å². The topological polar surface area (TPSA) is 35.5 Å². The highest BCUT2D eigenvalue weighted by atomic mass is 16.7. The van der Waals surface area contributed by atoms with Crippen LogP contribution in [0.5, 0.6) is 0 Å². The van der Waals surface area contributed by atoms with Crippen LogP contribution < -0.4 is 0 Å². The number of hydrogen-bond acceptors (Lipinski definition) is 3. The number of aldehydes is 1. The molecule has 1 saturated carbocycles. The van der Waals surface area contributed by atoms with Gasteiger partial charge < -0.3 is 9.47 Å². The zero-order valence-electron chi connectivity index (χ0n) is 12.3. The second-order valence-electron chi connectivity index (χ2n) is 7.23. The van der Waals surface area contributed by atoms with Crippen LogP contribution in [0.15, 0.2) is 11.1 Å². The van der Waals surface area contributed by atoms with E-state index in [2.05, 4.69) is 20.8 Å². The molecular weight excluding hydrogens is 240 g/mol. The third-order valence-electron chi connectivity index (χ3n) is 5.36. The number of hydrogen-bond donors (Lipinski definition) is 0. The number of fused-ring (bicyclic) bond motifs is 3. The maximum atomic E-state index is 11.7. The molecule has 3 aliphatic rings. The molecule has 2 fully saturated rings. The molecule has 106 valence electrons. The predicted molar refractivity (Wildman–Crippen MR) is 72.5 cm³/mol. The van der Waals surface area contributed by atoms with Gasteiger partial charge in [0, 0.05) is 13.0 Å². The smallest absolute Gasteiger partial charge is 0.164 e. The van der Waals surface area contributed by atoms with E-state index in [0.29, 0.717) is 17.3 Å². The van der Waals surface area contributed by atoms with E-state index in [1.165, 1.54) is 12.0 Å². The van der Waals surface area contributed by atoms with Crippen molar-refractivity contribution >= 4 is 6.29 Å². The fourth-order valence-corrected chi connectivity index (χ4v) is 4.43. The quantitative estimate of drug-likeness (QED) is 0.719. The second kappa shape index (κ2) is 4.42. The van der Waals surface area contributed by atoms with Gasteiger partial charge in [0.15, 0.2) is 6.29 Å². The summed E-state index contributed by atoms with van der Waals surface area (Å²) in [5, 5.41) is 0. The van der Waals surface area contributed by atoms with Crippen molar-refractivity contribution in [3.8, 4) is 0 Å². The average molecular weight is 264 g/mol. The Kier molecular flexibility index (Phi) is 3.10. The van der Waals surface area contributed by atoms with Gasteiger partial charge in [0.2, 0.25) is 0 Å². The Morgan fingerprint density at radius 3 is 2.74 bits per heavy atom. The molecule has 0 radical (unpaired) electrons. The standard InChI is InChI=1S/C16H24O3/c1-9-11-6-16(2,3)7-12(11)13(8-17)10-5-14(9)19-15(10)18-4/h8-11,14-15H,5-7H2,1-4H3/t9-,10-,11+,14+,15-/m1/s1. The molecule has 3 nitrogen and oxygen atoms in total. The van der Waals surface area contributed by atoms with Crippen molar-refractivity contribution in [1.82, 2.24) is 0 Å². The molecule has 1 heterocycles. The molecule has 0 aromatic carbocycles. The van der Waals surface area contributed by atoms with Crippen molar-refractivity contribution in [3.05, 3.63) is 11.1 Å². The Bertz CT molecular complexity index is 424. The molecule has 5 atom stereocenters. The van der Waals surface area contributed by atoms with Gasteiger partial charge in [-0.2, -0.15) is 0 Å². The van der Waals surface area contributed by atoms with Gasteiger partial charge in [-0.25, -0.2) is 0 Å². The average Bonchev–Trinajstić information content (AvgIpc) is 2.88. The fourth-order valence-electron chi connectivity index (χ4n) is 4.43. The molecule has 2 bridgehead atoms. The van der Waals surface area contributed by atoms with Gasteiger partial charge >= 0.3 is 0 Å². The minimum absolute atomic E-state index is 0.142. The number of carbonyl (C=O) groups excluding carboxylic acids is 1. The molecule has 19 heavy (non-hydrogen) atoms. The third-order valence-corrected chi connectivity index (χ3v) is 5.36. The van der Waals surface area contributed by atoms with E-state index >= 15 is 0 Å². The molecule has 0 aromatic rings. The van der Waals surface area contributed by atoms with E-state index in [1.807, 2.05) is 0 Å². The normalized spacial score (nSPS) is 44.1. The maximum absolute atomic E-state index is 11.7. The van der Waals surface area contributed by atoms with Crippen LogP contribution in [-0.2, 0) is 14.3 Å². The van der Waals surface area contributed by atoms with Crippen molar-refractivity contribution in [2.75, 3.05) is 7.11 Å². The first kappa shape index (κ1) is 13.3. The minimum Gasteiger partial charge on any atom is -0.355 e. The van der Waals surface area contributed by atoms with Crippen molar-refractivity contribution in [2.24, 2.45) is 23.2 Å². The van der Waals surface area contributed by atoms with Gasteiger partial charge in [-0.3, -0.25) is 4.79 Å². The molecule has 1 saturated heterocycles.